The number of carbonyl (C=O) groups is 1. The van der Waals surface area contributed by atoms with Gasteiger partial charge in [-0.15, -0.1) is 0 Å². The fourth-order valence-corrected chi connectivity index (χ4v) is 3.90. The van der Waals surface area contributed by atoms with E-state index in [1.54, 1.807) is 13.0 Å². The summed E-state index contributed by atoms with van der Waals surface area (Å²) in [5.41, 5.74) is 0. The molecule has 0 radical (unpaired) electrons. The van der Waals surface area contributed by atoms with Crippen molar-refractivity contribution in [2.24, 2.45) is 11.8 Å². The van der Waals surface area contributed by atoms with E-state index in [0.717, 1.165) is 6.08 Å². The van der Waals surface area contributed by atoms with Gasteiger partial charge in [-0.2, -0.15) is 0 Å². The Labute approximate surface area is 192 Å². The molecule has 0 amide bonds. The van der Waals surface area contributed by atoms with Crippen LogP contribution in [0.2, 0.25) is 0 Å². The minimum Gasteiger partial charge on any atom is -1.00 e. The number of halogens is 3. The zero-order valence-electron chi connectivity index (χ0n) is 17.9. The van der Waals surface area contributed by atoms with Crippen LogP contribution < -0.4 is 29.6 Å². The maximum Gasteiger partial charge on any atom is 1.00 e. The predicted octanol–water partition coefficient (Wildman–Crippen LogP) is 0.369. The number of ether oxygens (including phenoxy) is 1. The van der Waals surface area contributed by atoms with E-state index < -0.39 is 60.7 Å². The van der Waals surface area contributed by atoms with Crippen LogP contribution >= 0.6 is 0 Å². The van der Waals surface area contributed by atoms with Gasteiger partial charge in [0.1, 0.15) is 18.4 Å². The first kappa shape index (κ1) is 26.7. The van der Waals surface area contributed by atoms with E-state index in [2.05, 4.69) is 0 Å². The van der Waals surface area contributed by atoms with Gasteiger partial charge in [-0.25, -0.2) is 13.2 Å². The number of hydrogen-bond acceptors (Lipinski definition) is 4. The number of aliphatic hydroxyl groups is 2. The molecule has 1 saturated heterocycles. The number of carboxylic acids is 1. The molecular formula is C20H30F3NaO5. The molecule has 3 N–H and O–H groups in total. The summed E-state index contributed by atoms with van der Waals surface area (Å²) in [6.07, 6.45) is 0.280. The largest absolute Gasteiger partial charge is 1.00 e. The van der Waals surface area contributed by atoms with Crippen molar-refractivity contribution >= 4 is 5.97 Å². The molecule has 7 atom stereocenters. The van der Waals surface area contributed by atoms with Crippen LogP contribution in [0.5, 0.6) is 0 Å². The second-order valence-corrected chi connectivity index (χ2v) is 7.60. The van der Waals surface area contributed by atoms with Crippen LogP contribution in [0.4, 0.5) is 13.2 Å². The van der Waals surface area contributed by atoms with Crippen LogP contribution in [0.25, 0.3) is 0 Å². The van der Waals surface area contributed by atoms with Crippen molar-refractivity contribution in [1.29, 1.82) is 0 Å². The van der Waals surface area contributed by atoms with Gasteiger partial charge < -0.3 is 21.5 Å². The molecule has 1 aliphatic carbocycles. The summed E-state index contributed by atoms with van der Waals surface area (Å²) in [5, 5.41) is 28.6. The Kier molecular flexibility index (Phi) is 10.9. The Bertz CT molecular complexity index is 593. The third-order valence-electron chi connectivity index (χ3n) is 5.47. The van der Waals surface area contributed by atoms with Gasteiger partial charge in [-0.05, 0) is 12.8 Å². The van der Waals surface area contributed by atoms with Crippen molar-refractivity contribution in [3.63, 3.8) is 0 Å². The van der Waals surface area contributed by atoms with E-state index in [1.165, 1.54) is 12.2 Å². The predicted molar refractivity (Wildman–Crippen MR) is 97.9 cm³/mol. The molecule has 1 heterocycles. The smallest absolute Gasteiger partial charge is 1.00 e. The van der Waals surface area contributed by atoms with Crippen LogP contribution in [0, 0.1) is 11.8 Å². The standard InChI is InChI=1S/C20H29F3O5.Na.H/c1-2-3-10-20(22,23)16(25)9-8-12-13(24)11-15-18(12)19(21)14(28-15)6-4-5-7-17(26)27;;/h4,6,8-9,12-16,18-19,24-25H,2-3,5,7,10-11H2,1H3,(H,26,27);;/q;+1;-1/b6-4+,9-8+;;/t12-,13+,14?,15-,16+,18+,19?;;/m0../s1. The number of aliphatic hydroxyl groups excluding tert-OH is 2. The zero-order valence-corrected chi connectivity index (χ0v) is 18.9. The first-order valence-electron chi connectivity index (χ1n) is 9.77. The van der Waals surface area contributed by atoms with Gasteiger partial charge in [0.15, 0.2) is 0 Å². The SMILES string of the molecule is CCCCC(F)(F)[C@H](O)/C=C/[C@@H]1[C@H]2C(F)C(/C=C/CCC(=O)O)O[C@H]2C[C@H]1O.[H-].[Na+]. The summed E-state index contributed by atoms with van der Waals surface area (Å²) in [6.45, 7) is 1.78. The van der Waals surface area contributed by atoms with Crippen molar-refractivity contribution in [3.05, 3.63) is 24.3 Å². The van der Waals surface area contributed by atoms with E-state index >= 15 is 0 Å². The number of hydrogen-bond donors (Lipinski definition) is 3. The molecule has 2 fully saturated rings. The monoisotopic (exact) mass is 430 g/mol. The molecule has 29 heavy (non-hydrogen) atoms. The van der Waals surface area contributed by atoms with Crippen LogP contribution in [0.3, 0.4) is 0 Å². The normalized spacial score (nSPS) is 33.2. The minimum absolute atomic E-state index is 0. The Morgan fingerprint density at radius 2 is 2.07 bits per heavy atom. The summed E-state index contributed by atoms with van der Waals surface area (Å²) in [5.74, 6) is -5.65. The van der Waals surface area contributed by atoms with Crippen molar-refractivity contribution in [1.82, 2.24) is 0 Å². The molecule has 0 bridgehead atoms. The number of rotatable bonds is 10. The molecule has 0 aromatic heterocycles. The van der Waals surface area contributed by atoms with Gasteiger partial charge in [0.25, 0.3) is 5.92 Å². The molecule has 9 heteroatoms. The van der Waals surface area contributed by atoms with Crippen LogP contribution in [0.15, 0.2) is 24.3 Å². The molecule has 0 aromatic rings. The Morgan fingerprint density at radius 1 is 1.38 bits per heavy atom. The number of aliphatic carboxylic acids is 1. The van der Waals surface area contributed by atoms with E-state index in [-0.39, 0.29) is 56.7 Å². The molecule has 2 aliphatic rings. The fraction of sp³-hybridized carbons (Fsp3) is 0.750. The summed E-state index contributed by atoms with van der Waals surface area (Å²) in [6, 6.07) is 0. The number of unbranched alkanes of at least 4 members (excludes halogenated alkanes) is 1. The Morgan fingerprint density at radius 3 is 2.69 bits per heavy atom. The average Bonchev–Trinajstić information content (AvgIpc) is 3.09. The molecule has 0 spiro atoms. The van der Waals surface area contributed by atoms with E-state index in [9.17, 15) is 28.2 Å². The maximum atomic E-state index is 14.8. The molecule has 162 valence electrons. The first-order chi connectivity index (χ1) is 13.2. The fourth-order valence-electron chi connectivity index (χ4n) is 3.90. The molecule has 2 unspecified atom stereocenters. The third kappa shape index (κ3) is 7.08. The van der Waals surface area contributed by atoms with Gasteiger partial charge in [0.2, 0.25) is 0 Å². The second kappa shape index (κ2) is 11.9. The molecule has 5 nitrogen and oxygen atoms in total. The molecule has 0 aromatic carbocycles. The van der Waals surface area contributed by atoms with Gasteiger partial charge in [-0.1, -0.05) is 37.6 Å². The molecule has 2 rings (SSSR count). The van der Waals surface area contributed by atoms with Crippen molar-refractivity contribution in [2.75, 3.05) is 0 Å². The van der Waals surface area contributed by atoms with Crippen molar-refractivity contribution in [3.8, 4) is 0 Å². The Balaban J connectivity index is 0.00000420. The van der Waals surface area contributed by atoms with E-state index in [4.69, 9.17) is 9.84 Å². The van der Waals surface area contributed by atoms with Gasteiger partial charge in [0, 0.05) is 31.1 Å². The summed E-state index contributed by atoms with van der Waals surface area (Å²) in [7, 11) is 0. The van der Waals surface area contributed by atoms with Gasteiger partial charge in [0.05, 0.1) is 12.2 Å². The number of allylic oxidation sites excluding steroid dienone is 1. The van der Waals surface area contributed by atoms with Crippen LogP contribution in [0.1, 0.15) is 46.9 Å². The molecule has 1 aliphatic heterocycles. The minimum atomic E-state index is -3.27. The van der Waals surface area contributed by atoms with Crippen molar-refractivity contribution < 1.29 is 69.0 Å². The zero-order chi connectivity index (χ0) is 20.9. The Hall–Kier alpha value is -0.380. The molecular weight excluding hydrogens is 400 g/mol. The quantitative estimate of drug-likeness (QED) is 0.344. The van der Waals surface area contributed by atoms with E-state index in [0.29, 0.717) is 6.42 Å². The third-order valence-corrected chi connectivity index (χ3v) is 5.47. The topological polar surface area (TPSA) is 87.0 Å². The number of carboxylic acid groups (broad SMARTS) is 1. The maximum absolute atomic E-state index is 14.8. The number of alkyl halides is 3. The number of fused-ring (bicyclic) bond motifs is 1. The van der Waals surface area contributed by atoms with Crippen LogP contribution in [-0.2, 0) is 9.53 Å². The summed E-state index contributed by atoms with van der Waals surface area (Å²) < 4.78 is 48.2. The van der Waals surface area contributed by atoms with Gasteiger partial charge in [-0.3, -0.25) is 4.79 Å². The summed E-state index contributed by atoms with van der Waals surface area (Å²) >= 11 is 0. The second-order valence-electron chi connectivity index (χ2n) is 7.60. The average molecular weight is 430 g/mol. The van der Waals surface area contributed by atoms with Gasteiger partial charge >= 0.3 is 35.5 Å². The molecule has 1 saturated carbocycles. The van der Waals surface area contributed by atoms with Crippen LogP contribution in [-0.4, -0.2) is 57.8 Å². The van der Waals surface area contributed by atoms with Crippen molar-refractivity contribution in [2.45, 2.75) is 82.0 Å². The summed E-state index contributed by atoms with van der Waals surface area (Å²) in [4.78, 5) is 10.5. The van der Waals surface area contributed by atoms with E-state index in [1.807, 2.05) is 0 Å². The first-order valence-corrected chi connectivity index (χ1v) is 9.77.